The molecule has 3 unspecified atom stereocenters. The second-order valence-corrected chi connectivity index (χ2v) is 8.43. The first kappa shape index (κ1) is 19.0. The summed E-state index contributed by atoms with van der Waals surface area (Å²) in [6, 6.07) is 13.2. The number of benzene rings is 1. The molecule has 1 aromatic heterocycles. The van der Waals surface area contributed by atoms with Crippen molar-refractivity contribution in [2.45, 2.75) is 37.4 Å². The molecule has 3 fully saturated rings. The van der Waals surface area contributed by atoms with E-state index in [9.17, 15) is 9.18 Å². The summed E-state index contributed by atoms with van der Waals surface area (Å²) in [6.07, 6.45) is 4.73. The number of fused-ring (bicyclic) bond motifs is 2. The Morgan fingerprint density at radius 2 is 1.83 bits per heavy atom. The van der Waals surface area contributed by atoms with Gasteiger partial charge in [0.15, 0.2) is 0 Å². The molecule has 0 N–H and O–H groups in total. The van der Waals surface area contributed by atoms with Crippen molar-refractivity contribution >= 4 is 11.7 Å². The van der Waals surface area contributed by atoms with Crippen molar-refractivity contribution < 1.29 is 9.18 Å². The first-order valence-corrected chi connectivity index (χ1v) is 10.5. The number of amides is 1. The van der Waals surface area contributed by atoms with E-state index < -0.39 is 0 Å². The van der Waals surface area contributed by atoms with Gasteiger partial charge in [-0.25, -0.2) is 9.37 Å². The Labute approximate surface area is 175 Å². The number of rotatable bonds is 4. The second-order valence-electron chi connectivity index (χ2n) is 8.43. The van der Waals surface area contributed by atoms with Gasteiger partial charge >= 0.3 is 0 Å². The van der Waals surface area contributed by atoms with E-state index in [0.717, 1.165) is 37.2 Å². The molecule has 0 saturated carbocycles. The molecular weight excluding hydrogens is 381 g/mol. The summed E-state index contributed by atoms with van der Waals surface area (Å²) in [5.41, 5.74) is 1.64. The van der Waals surface area contributed by atoms with Crippen molar-refractivity contribution in [2.24, 2.45) is 0 Å². The molecule has 3 atom stereocenters. The molecule has 3 aliphatic heterocycles. The van der Waals surface area contributed by atoms with Crippen molar-refractivity contribution in [2.75, 3.05) is 31.1 Å². The zero-order chi connectivity index (χ0) is 20.7. The molecular formula is C23H24FN5O. The Morgan fingerprint density at radius 3 is 2.40 bits per heavy atom. The lowest BCUT2D eigenvalue weighted by Crippen LogP contribution is -2.58. The molecule has 4 heterocycles. The molecule has 7 heteroatoms. The van der Waals surface area contributed by atoms with Crippen LogP contribution in [0.3, 0.4) is 0 Å². The molecule has 1 amide bonds. The zero-order valence-corrected chi connectivity index (χ0v) is 16.7. The van der Waals surface area contributed by atoms with Crippen LogP contribution in [0, 0.1) is 17.1 Å². The molecule has 5 rings (SSSR count). The normalized spacial score (nSPS) is 25.7. The van der Waals surface area contributed by atoms with E-state index in [-0.39, 0.29) is 29.8 Å². The van der Waals surface area contributed by atoms with Gasteiger partial charge in [0.25, 0.3) is 0 Å². The first-order chi connectivity index (χ1) is 14.6. The third-order valence-electron chi connectivity index (χ3n) is 6.70. The highest BCUT2D eigenvalue weighted by atomic mass is 19.1. The molecule has 2 aromatic rings. The number of hydrogen-bond donors (Lipinski definition) is 0. The lowest BCUT2D eigenvalue weighted by atomic mass is 9.94. The number of carbonyl (C=O) groups excluding carboxylic acids is 1. The van der Waals surface area contributed by atoms with Crippen LogP contribution in [0.4, 0.5) is 10.2 Å². The Bertz CT molecular complexity index is 957. The summed E-state index contributed by atoms with van der Waals surface area (Å²) in [5.74, 6) is 0.838. The second kappa shape index (κ2) is 7.69. The average molecular weight is 405 g/mol. The van der Waals surface area contributed by atoms with E-state index in [0.29, 0.717) is 25.2 Å². The monoisotopic (exact) mass is 405 g/mol. The quantitative estimate of drug-likeness (QED) is 0.783. The van der Waals surface area contributed by atoms with Crippen LogP contribution in [-0.4, -0.2) is 59.0 Å². The molecule has 154 valence electrons. The highest BCUT2D eigenvalue weighted by Crippen LogP contribution is 2.35. The summed E-state index contributed by atoms with van der Waals surface area (Å²) in [7, 11) is 0. The first-order valence-electron chi connectivity index (χ1n) is 10.5. The van der Waals surface area contributed by atoms with E-state index in [4.69, 9.17) is 5.26 Å². The number of carbonyl (C=O) groups is 1. The van der Waals surface area contributed by atoms with Gasteiger partial charge in [0, 0.05) is 44.0 Å². The number of nitrogens with zero attached hydrogens (tertiary/aromatic N) is 5. The SMILES string of the molecule is N#Cc1ccc(N2C3CCC2CN(C(=O)CN2CCC2c2ccc(F)cc2)C3)nc1. The summed E-state index contributed by atoms with van der Waals surface area (Å²) in [6.45, 7) is 2.74. The fourth-order valence-electron chi connectivity index (χ4n) is 5.05. The Kier molecular flexibility index (Phi) is 4.87. The molecule has 3 aliphatic rings. The Hall–Kier alpha value is -2.98. The number of halogens is 1. The average Bonchev–Trinajstić information content (AvgIpc) is 3.01. The zero-order valence-electron chi connectivity index (χ0n) is 16.7. The molecule has 30 heavy (non-hydrogen) atoms. The number of likely N-dealkylation sites (tertiary alicyclic amines) is 2. The Morgan fingerprint density at radius 1 is 1.10 bits per heavy atom. The standard InChI is InChI=1S/C23H24FN5O/c24-18-4-2-17(3-5-18)21-9-10-27(21)15-23(30)28-13-19-6-7-20(14-28)29(19)22-8-1-16(11-25)12-26-22/h1-5,8,12,19-21H,6-7,9-10,13-15H2. The van der Waals surface area contributed by atoms with Gasteiger partial charge < -0.3 is 9.80 Å². The minimum Gasteiger partial charge on any atom is -0.347 e. The van der Waals surface area contributed by atoms with Crippen molar-refractivity contribution in [3.8, 4) is 6.07 Å². The van der Waals surface area contributed by atoms with Crippen LogP contribution in [0.15, 0.2) is 42.6 Å². The van der Waals surface area contributed by atoms with Gasteiger partial charge in [0.2, 0.25) is 5.91 Å². The Balaban J connectivity index is 1.22. The van der Waals surface area contributed by atoms with E-state index in [1.807, 2.05) is 23.1 Å². The van der Waals surface area contributed by atoms with Gasteiger partial charge in [0.1, 0.15) is 17.7 Å². The largest absolute Gasteiger partial charge is 0.347 e. The van der Waals surface area contributed by atoms with Crippen molar-refractivity contribution in [1.29, 1.82) is 5.26 Å². The molecule has 0 radical (unpaired) electrons. The maximum Gasteiger partial charge on any atom is 0.236 e. The predicted octanol–water partition coefficient (Wildman–Crippen LogP) is 2.72. The molecule has 0 spiro atoms. The van der Waals surface area contributed by atoms with E-state index in [2.05, 4.69) is 20.9 Å². The van der Waals surface area contributed by atoms with Crippen molar-refractivity contribution in [3.05, 3.63) is 59.5 Å². The van der Waals surface area contributed by atoms with Gasteiger partial charge in [-0.05, 0) is 49.1 Å². The van der Waals surface area contributed by atoms with Crippen molar-refractivity contribution in [3.63, 3.8) is 0 Å². The fourth-order valence-corrected chi connectivity index (χ4v) is 5.05. The minimum absolute atomic E-state index is 0.172. The number of nitriles is 1. The number of pyridine rings is 1. The van der Waals surface area contributed by atoms with Crippen LogP contribution >= 0.6 is 0 Å². The number of aromatic nitrogens is 1. The lowest BCUT2D eigenvalue weighted by molar-refractivity contribution is -0.135. The van der Waals surface area contributed by atoms with Gasteiger partial charge in [-0.1, -0.05) is 12.1 Å². The highest BCUT2D eigenvalue weighted by molar-refractivity contribution is 5.79. The molecule has 1 aromatic carbocycles. The third kappa shape index (κ3) is 3.41. The van der Waals surface area contributed by atoms with E-state index >= 15 is 0 Å². The van der Waals surface area contributed by atoms with Crippen LogP contribution in [0.2, 0.25) is 0 Å². The van der Waals surface area contributed by atoms with Crippen LogP contribution < -0.4 is 4.90 Å². The predicted molar refractivity (Wildman–Crippen MR) is 110 cm³/mol. The number of hydrogen-bond acceptors (Lipinski definition) is 5. The lowest BCUT2D eigenvalue weighted by Gasteiger charge is -2.45. The third-order valence-corrected chi connectivity index (χ3v) is 6.70. The van der Waals surface area contributed by atoms with E-state index in [1.54, 1.807) is 12.3 Å². The minimum atomic E-state index is -0.231. The molecule has 6 nitrogen and oxygen atoms in total. The van der Waals surface area contributed by atoms with Gasteiger partial charge in [-0.3, -0.25) is 9.69 Å². The molecule has 2 bridgehead atoms. The summed E-state index contributed by atoms with van der Waals surface area (Å²) in [5, 5.41) is 8.98. The van der Waals surface area contributed by atoms with Crippen LogP contribution in [0.25, 0.3) is 0 Å². The summed E-state index contributed by atoms with van der Waals surface area (Å²) >= 11 is 0. The van der Waals surface area contributed by atoms with Crippen LogP contribution in [0.1, 0.15) is 36.4 Å². The maximum atomic E-state index is 13.2. The molecule has 0 aliphatic carbocycles. The fraction of sp³-hybridized carbons (Fsp3) is 0.435. The van der Waals surface area contributed by atoms with Gasteiger partial charge in [0.05, 0.1) is 12.1 Å². The topological polar surface area (TPSA) is 63.5 Å². The number of anilines is 1. The van der Waals surface area contributed by atoms with Gasteiger partial charge in [-0.2, -0.15) is 5.26 Å². The van der Waals surface area contributed by atoms with Crippen LogP contribution in [-0.2, 0) is 4.79 Å². The van der Waals surface area contributed by atoms with Crippen molar-refractivity contribution in [1.82, 2.24) is 14.8 Å². The van der Waals surface area contributed by atoms with Crippen LogP contribution in [0.5, 0.6) is 0 Å². The maximum absolute atomic E-state index is 13.2. The summed E-state index contributed by atoms with van der Waals surface area (Å²) in [4.78, 5) is 24.0. The van der Waals surface area contributed by atoms with E-state index in [1.165, 1.54) is 12.1 Å². The highest BCUT2D eigenvalue weighted by Gasteiger charge is 2.42. The summed E-state index contributed by atoms with van der Waals surface area (Å²) < 4.78 is 13.2. The smallest absolute Gasteiger partial charge is 0.236 e. The number of piperazine rings is 1. The van der Waals surface area contributed by atoms with Gasteiger partial charge in [-0.15, -0.1) is 0 Å². The molecule has 3 saturated heterocycles.